The highest BCUT2D eigenvalue weighted by Crippen LogP contribution is 2.45. The quantitative estimate of drug-likeness (QED) is 0.271. The molecule has 3 N–H and O–H groups in total. The number of nitrogens with zero attached hydrogens (tertiary/aromatic N) is 1. The maximum absolute atomic E-state index is 12.6. The Morgan fingerprint density at radius 2 is 2.03 bits per heavy atom. The molecule has 1 heterocycles. The molecule has 0 unspecified atom stereocenters. The summed E-state index contributed by atoms with van der Waals surface area (Å²) in [5.41, 5.74) is 3.50. The van der Waals surface area contributed by atoms with E-state index in [0.717, 1.165) is 21.6 Å². The first-order valence-electron chi connectivity index (χ1n) is 10.6. The molecule has 3 rings (SSSR count). The highest BCUT2D eigenvalue weighted by atomic mass is 127. The van der Waals surface area contributed by atoms with E-state index in [2.05, 4.69) is 0 Å². The highest BCUT2D eigenvalue weighted by Gasteiger charge is 2.53. The Hall–Kier alpha value is -1.91. The molecule has 4 atom stereocenters. The maximum Gasteiger partial charge on any atom is 0.233 e. The second-order valence-electron chi connectivity index (χ2n) is 8.70. The van der Waals surface area contributed by atoms with Gasteiger partial charge in [0.1, 0.15) is 0 Å². The van der Waals surface area contributed by atoms with Gasteiger partial charge in [0.15, 0.2) is 11.5 Å². The smallest absolute Gasteiger partial charge is 0.233 e. The summed E-state index contributed by atoms with van der Waals surface area (Å²) in [6.45, 7) is 3.56. The second-order valence-corrected chi connectivity index (χ2v) is 9.86. The van der Waals surface area contributed by atoms with Crippen LogP contribution >= 0.6 is 22.6 Å². The van der Waals surface area contributed by atoms with Gasteiger partial charge in [-0.2, -0.15) is 0 Å². The predicted molar refractivity (Wildman–Crippen MR) is 129 cm³/mol. The van der Waals surface area contributed by atoms with Crippen molar-refractivity contribution in [3.8, 4) is 11.5 Å². The van der Waals surface area contributed by atoms with Gasteiger partial charge >= 0.3 is 0 Å². The number of aliphatic hydroxyl groups excluding tert-OH is 2. The molecule has 8 heteroatoms. The number of imide groups is 1. The summed E-state index contributed by atoms with van der Waals surface area (Å²) in [7, 11) is 2.99. The Morgan fingerprint density at radius 1 is 1.34 bits per heavy atom. The molecule has 1 saturated heterocycles. The van der Waals surface area contributed by atoms with Crippen LogP contribution in [0.1, 0.15) is 38.7 Å². The summed E-state index contributed by atoms with van der Waals surface area (Å²) < 4.78 is 5.90. The van der Waals surface area contributed by atoms with Gasteiger partial charge in [-0.05, 0) is 79.0 Å². The van der Waals surface area contributed by atoms with Crippen molar-refractivity contribution in [3.05, 3.63) is 38.0 Å². The average molecular weight is 555 g/mol. The van der Waals surface area contributed by atoms with E-state index in [0.29, 0.717) is 34.2 Å². The first-order chi connectivity index (χ1) is 15.1. The fourth-order valence-corrected chi connectivity index (χ4v) is 5.61. The number of aromatic hydroxyl groups is 1. The van der Waals surface area contributed by atoms with Crippen LogP contribution in [0.25, 0.3) is 6.08 Å². The number of methoxy groups -OCH3 is 1. The van der Waals surface area contributed by atoms with Gasteiger partial charge in [0.25, 0.3) is 0 Å². The lowest BCUT2D eigenvalue weighted by atomic mass is 9.68. The molecule has 0 aromatic heterocycles. The molecule has 1 aliphatic carbocycles. The molecule has 1 aromatic carbocycles. The summed E-state index contributed by atoms with van der Waals surface area (Å²) in [6, 6.07) is 3.61. The second kappa shape index (κ2) is 9.93. The fourth-order valence-electron chi connectivity index (χ4n) is 4.98. The summed E-state index contributed by atoms with van der Waals surface area (Å²) in [5, 5.41) is 31.1. The van der Waals surface area contributed by atoms with Crippen molar-refractivity contribution >= 4 is 40.5 Å². The molecular weight excluding hydrogens is 525 g/mol. The van der Waals surface area contributed by atoms with Crippen LogP contribution in [-0.4, -0.2) is 58.9 Å². The summed E-state index contributed by atoms with van der Waals surface area (Å²) in [6.07, 6.45) is 2.65. The number of amides is 2. The van der Waals surface area contributed by atoms with E-state index < -0.39 is 23.9 Å². The number of hydrogen-bond acceptors (Lipinski definition) is 6. The third-order valence-electron chi connectivity index (χ3n) is 6.60. The number of allylic oxidation sites excluding steroid dienone is 2. The molecule has 7 nitrogen and oxygen atoms in total. The molecule has 1 fully saturated rings. The van der Waals surface area contributed by atoms with Gasteiger partial charge in [-0.15, -0.1) is 0 Å². The zero-order valence-electron chi connectivity index (χ0n) is 18.8. The van der Waals surface area contributed by atoms with Gasteiger partial charge in [0.05, 0.1) is 35.2 Å². The molecule has 0 radical (unpaired) electrons. The van der Waals surface area contributed by atoms with Gasteiger partial charge in [-0.25, -0.2) is 0 Å². The molecular formula is C24H30INO6. The van der Waals surface area contributed by atoms with Crippen LogP contribution in [0.5, 0.6) is 11.5 Å². The molecule has 1 aliphatic heterocycles. The minimum absolute atomic E-state index is 0.108. The molecule has 0 bridgehead atoms. The SMILES string of the molecule is COc1cc(/C=C(\C)CC[C@@H](O)C2=C(C)C[C@H]3C(=O)N(C)C(=O)[C@H]3[C@H]2CO)cc(I)c1O. The van der Waals surface area contributed by atoms with E-state index in [-0.39, 0.29) is 24.2 Å². The zero-order valence-corrected chi connectivity index (χ0v) is 20.9. The van der Waals surface area contributed by atoms with Crippen molar-refractivity contribution in [2.45, 2.75) is 39.2 Å². The Balaban J connectivity index is 1.76. The number of phenols is 1. The van der Waals surface area contributed by atoms with Crippen LogP contribution in [0.15, 0.2) is 28.9 Å². The number of ether oxygens (including phenoxy) is 1. The largest absolute Gasteiger partial charge is 0.504 e. The van der Waals surface area contributed by atoms with Gasteiger partial charge in [-0.3, -0.25) is 14.5 Å². The third-order valence-corrected chi connectivity index (χ3v) is 7.42. The number of hydrogen-bond donors (Lipinski definition) is 3. The highest BCUT2D eigenvalue weighted by molar-refractivity contribution is 14.1. The van der Waals surface area contributed by atoms with Crippen molar-refractivity contribution in [2.24, 2.45) is 17.8 Å². The van der Waals surface area contributed by atoms with E-state index in [1.54, 1.807) is 6.07 Å². The van der Waals surface area contributed by atoms with Gasteiger partial charge in [0.2, 0.25) is 11.8 Å². The lowest BCUT2D eigenvalue weighted by molar-refractivity contribution is -0.138. The van der Waals surface area contributed by atoms with Gasteiger partial charge in [0, 0.05) is 13.0 Å². The number of phenolic OH excluding ortho intramolecular Hbond substituents is 1. The first kappa shape index (κ1) is 24.7. The number of aliphatic hydroxyl groups is 2. The topological polar surface area (TPSA) is 107 Å². The van der Waals surface area contributed by atoms with Crippen molar-refractivity contribution in [1.29, 1.82) is 0 Å². The van der Waals surface area contributed by atoms with E-state index in [1.807, 2.05) is 48.6 Å². The molecule has 0 saturated carbocycles. The third kappa shape index (κ3) is 4.58. The minimum atomic E-state index is -0.806. The number of benzene rings is 1. The minimum Gasteiger partial charge on any atom is -0.504 e. The van der Waals surface area contributed by atoms with Crippen LogP contribution in [-0.2, 0) is 9.59 Å². The fraction of sp³-hybridized carbons (Fsp3) is 0.500. The van der Waals surface area contributed by atoms with Gasteiger partial charge in [-0.1, -0.05) is 17.2 Å². The van der Waals surface area contributed by atoms with Crippen molar-refractivity contribution in [3.63, 3.8) is 0 Å². The Kier molecular flexibility index (Phi) is 7.67. The molecule has 2 amide bonds. The molecule has 174 valence electrons. The van der Waals surface area contributed by atoms with Crippen LogP contribution in [0.4, 0.5) is 0 Å². The zero-order chi connectivity index (χ0) is 23.7. The Bertz CT molecular complexity index is 985. The lowest BCUT2D eigenvalue weighted by Crippen LogP contribution is -2.38. The van der Waals surface area contributed by atoms with Crippen molar-refractivity contribution < 1.29 is 29.6 Å². The monoisotopic (exact) mass is 555 g/mol. The molecule has 32 heavy (non-hydrogen) atoms. The predicted octanol–water partition coefficient (Wildman–Crippen LogP) is 3.11. The van der Waals surface area contributed by atoms with Crippen LogP contribution in [0.2, 0.25) is 0 Å². The van der Waals surface area contributed by atoms with E-state index in [1.165, 1.54) is 14.2 Å². The van der Waals surface area contributed by atoms with Crippen molar-refractivity contribution in [2.75, 3.05) is 20.8 Å². The molecule has 2 aliphatic rings. The number of halogens is 1. The van der Waals surface area contributed by atoms with Gasteiger partial charge < -0.3 is 20.1 Å². The van der Waals surface area contributed by atoms with Crippen LogP contribution in [0, 0.1) is 21.3 Å². The first-order valence-corrected chi connectivity index (χ1v) is 11.7. The van der Waals surface area contributed by atoms with Crippen molar-refractivity contribution in [1.82, 2.24) is 4.90 Å². The Morgan fingerprint density at radius 3 is 2.66 bits per heavy atom. The standard InChI is InChI=1S/C24H30INO6/c1-12(7-14-9-17(25)22(29)19(10-14)32-4)5-6-18(28)20-13(2)8-15-21(16(20)11-27)24(31)26(3)23(15)30/h7,9-10,15-16,18,21,27-29H,5-6,8,11H2,1-4H3/b12-7+/t15-,16+,18-,21-/m1/s1. The number of carbonyl (C=O) groups excluding carboxylic acids is 2. The van der Waals surface area contributed by atoms with Crippen LogP contribution < -0.4 is 4.74 Å². The number of likely N-dealkylation sites (tertiary alicyclic amines) is 1. The number of fused-ring (bicyclic) bond motifs is 1. The number of rotatable bonds is 7. The van der Waals surface area contributed by atoms with Crippen LogP contribution in [0.3, 0.4) is 0 Å². The molecule has 0 spiro atoms. The normalized spacial score (nSPS) is 24.8. The van der Waals surface area contributed by atoms with E-state index in [4.69, 9.17) is 4.74 Å². The summed E-state index contributed by atoms with van der Waals surface area (Å²) in [5.74, 6) is -1.56. The molecule has 1 aromatic rings. The van der Waals surface area contributed by atoms with E-state index >= 15 is 0 Å². The summed E-state index contributed by atoms with van der Waals surface area (Å²) >= 11 is 2.05. The van der Waals surface area contributed by atoms with E-state index in [9.17, 15) is 24.9 Å². The maximum atomic E-state index is 12.6. The number of carbonyl (C=O) groups is 2. The summed E-state index contributed by atoms with van der Waals surface area (Å²) in [4.78, 5) is 26.2. The lowest BCUT2D eigenvalue weighted by Gasteiger charge is -2.35. The Labute approximate surface area is 201 Å². The average Bonchev–Trinajstić information content (AvgIpc) is 2.97.